The number of nitrogens with zero attached hydrogens (tertiary/aromatic N) is 1. The molecule has 0 spiro atoms. The largest absolute Gasteiger partial charge is 0.497 e. The lowest BCUT2D eigenvalue weighted by Gasteiger charge is -2.37. The van der Waals surface area contributed by atoms with E-state index in [9.17, 15) is 9.59 Å². The van der Waals surface area contributed by atoms with Crippen LogP contribution in [0, 0.1) is 5.82 Å². The van der Waals surface area contributed by atoms with E-state index < -0.39 is 17.6 Å². The second-order valence-corrected chi connectivity index (χ2v) is 9.01. The zero-order chi connectivity index (χ0) is 25.2. The SMILES string of the molecule is COc1ccc(C2CC(=O)C3=C(C2)NC(C)=C(C(=O)Nc2cccnc2)C3c2ccccc2F)cc1. The maximum Gasteiger partial charge on any atom is 0.254 e. The fourth-order valence-corrected chi connectivity index (χ4v) is 5.11. The van der Waals surface area contributed by atoms with Crippen molar-refractivity contribution in [1.29, 1.82) is 0 Å². The lowest BCUT2D eigenvalue weighted by Crippen LogP contribution is -2.37. The maximum absolute atomic E-state index is 15.1. The van der Waals surface area contributed by atoms with E-state index in [4.69, 9.17) is 4.74 Å². The van der Waals surface area contributed by atoms with Crippen molar-refractivity contribution in [3.8, 4) is 5.75 Å². The molecule has 0 fully saturated rings. The first-order valence-corrected chi connectivity index (χ1v) is 11.8. The third-order valence-corrected chi connectivity index (χ3v) is 6.80. The van der Waals surface area contributed by atoms with Gasteiger partial charge in [-0.05, 0) is 55.2 Å². The summed E-state index contributed by atoms with van der Waals surface area (Å²) < 4.78 is 20.4. The summed E-state index contributed by atoms with van der Waals surface area (Å²) >= 11 is 0. The van der Waals surface area contributed by atoms with Crippen molar-refractivity contribution in [3.05, 3.63) is 113 Å². The van der Waals surface area contributed by atoms with E-state index in [1.165, 1.54) is 12.3 Å². The van der Waals surface area contributed by atoms with E-state index >= 15 is 4.39 Å². The molecule has 36 heavy (non-hydrogen) atoms. The third kappa shape index (κ3) is 4.40. The number of anilines is 1. The van der Waals surface area contributed by atoms with Crippen LogP contribution in [0.2, 0.25) is 0 Å². The number of Topliss-reactive ketones (excluding diaryl/α,β-unsaturated/α-hetero) is 1. The van der Waals surface area contributed by atoms with Gasteiger partial charge in [0.15, 0.2) is 5.78 Å². The van der Waals surface area contributed by atoms with E-state index in [2.05, 4.69) is 15.6 Å². The molecule has 1 aliphatic carbocycles. The molecule has 1 aliphatic heterocycles. The van der Waals surface area contributed by atoms with Crippen molar-refractivity contribution in [2.45, 2.75) is 31.6 Å². The first-order valence-electron chi connectivity index (χ1n) is 11.8. The van der Waals surface area contributed by atoms with Crippen LogP contribution in [0.1, 0.15) is 42.7 Å². The molecule has 2 aliphatic rings. The zero-order valence-corrected chi connectivity index (χ0v) is 20.0. The minimum atomic E-state index is -0.816. The van der Waals surface area contributed by atoms with Gasteiger partial charge >= 0.3 is 0 Å². The van der Waals surface area contributed by atoms with Gasteiger partial charge in [0.25, 0.3) is 5.91 Å². The van der Waals surface area contributed by atoms with E-state index in [1.807, 2.05) is 24.3 Å². The maximum atomic E-state index is 15.1. The number of aromatic nitrogens is 1. The Labute approximate surface area is 208 Å². The Morgan fingerprint density at radius 2 is 1.86 bits per heavy atom. The number of amides is 1. The number of methoxy groups -OCH3 is 1. The van der Waals surface area contributed by atoms with E-state index in [-0.39, 0.29) is 18.1 Å². The number of hydrogen-bond acceptors (Lipinski definition) is 5. The highest BCUT2D eigenvalue weighted by Gasteiger charge is 2.41. The Morgan fingerprint density at radius 3 is 2.56 bits per heavy atom. The van der Waals surface area contributed by atoms with Crippen LogP contribution in [0.5, 0.6) is 5.75 Å². The lowest BCUT2D eigenvalue weighted by atomic mass is 9.71. The van der Waals surface area contributed by atoms with Gasteiger partial charge in [0, 0.05) is 46.6 Å². The van der Waals surface area contributed by atoms with Crippen LogP contribution >= 0.6 is 0 Å². The predicted molar refractivity (Wildman–Crippen MR) is 135 cm³/mol. The molecular formula is C29H26FN3O3. The number of ether oxygens (including phenoxy) is 1. The fraction of sp³-hybridized carbons (Fsp3) is 0.207. The Balaban J connectivity index is 1.55. The van der Waals surface area contributed by atoms with Gasteiger partial charge in [-0.1, -0.05) is 30.3 Å². The van der Waals surface area contributed by atoms with Crippen molar-refractivity contribution in [2.24, 2.45) is 0 Å². The molecule has 0 radical (unpaired) electrons. The number of halogens is 1. The molecule has 3 aromatic rings. The van der Waals surface area contributed by atoms with Crippen LogP contribution in [0.15, 0.2) is 95.6 Å². The number of carbonyl (C=O) groups excluding carboxylic acids is 2. The number of hydrogen-bond donors (Lipinski definition) is 2. The number of nitrogens with one attached hydrogen (secondary N) is 2. The summed E-state index contributed by atoms with van der Waals surface area (Å²) in [6.45, 7) is 1.79. The molecule has 2 aromatic carbocycles. The topological polar surface area (TPSA) is 80.3 Å². The fourth-order valence-electron chi connectivity index (χ4n) is 5.11. The van der Waals surface area contributed by atoms with Gasteiger partial charge in [-0.3, -0.25) is 14.6 Å². The van der Waals surface area contributed by atoms with Gasteiger partial charge in [-0.15, -0.1) is 0 Å². The smallest absolute Gasteiger partial charge is 0.254 e. The molecule has 2 N–H and O–H groups in total. The number of pyridine rings is 1. The van der Waals surface area contributed by atoms with Crippen molar-refractivity contribution in [1.82, 2.24) is 10.3 Å². The molecular weight excluding hydrogens is 457 g/mol. The van der Waals surface area contributed by atoms with Gasteiger partial charge in [0.1, 0.15) is 11.6 Å². The summed E-state index contributed by atoms with van der Waals surface area (Å²) in [5.74, 6) is -1.06. The molecule has 0 saturated heterocycles. The van der Waals surface area contributed by atoms with Gasteiger partial charge in [-0.2, -0.15) is 0 Å². The average molecular weight is 484 g/mol. The van der Waals surface area contributed by atoms with Gasteiger partial charge < -0.3 is 15.4 Å². The van der Waals surface area contributed by atoms with Crippen molar-refractivity contribution < 1.29 is 18.7 Å². The Bertz CT molecular complexity index is 1380. The molecule has 2 atom stereocenters. The molecule has 2 unspecified atom stereocenters. The summed E-state index contributed by atoms with van der Waals surface area (Å²) in [5, 5.41) is 6.17. The molecule has 2 heterocycles. The Hall–Kier alpha value is -4.26. The molecule has 182 valence electrons. The van der Waals surface area contributed by atoms with Crippen LogP contribution in [-0.4, -0.2) is 23.8 Å². The van der Waals surface area contributed by atoms with E-state index in [0.29, 0.717) is 34.5 Å². The van der Waals surface area contributed by atoms with Crippen LogP contribution in [0.3, 0.4) is 0 Å². The molecule has 7 heteroatoms. The standard InChI is InChI=1S/C29H26FN3O3/c1-17-26(29(35)33-20-6-5-13-31-16-20)27(22-7-3-4-8-23(22)30)28-24(32-17)14-19(15-25(28)34)18-9-11-21(36-2)12-10-18/h3-13,16,19,27,32H,14-15H2,1-2H3,(H,33,35). The Kier molecular flexibility index (Phi) is 6.38. The summed E-state index contributed by atoms with van der Waals surface area (Å²) in [4.78, 5) is 31.2. The number of benzene rings is 2. The average Bonchev–Trinajstić information content (AvgIpc) is 2.88. The monoisotopic (exact) mass is 483 g/mol. The van der Waals surface area contributed by atoms with Crippen molar-refractivity contribution in [2.75, 3.05) is 12.4 Å². The van der Waals surface area contributed by atoms with Crippen molar-refractivity contribution >= 4 is 17.4 Å². The first-order chi connectivity index (χ1) is 17.5. The number of dihydropyridines is 1. The molecule has 6 nitrogen and oxygen atoms in total. The second-order valence-electron chi connectivity index (χ2n) is 9.01. The van der Waals surface area contributed by atoms with Crippen LogP contribution in [0.25, 0.3) is 0 Å². The normalized spacial score (nSPS) is 19.5. The highest BCUT2D eigenvalue weighted by atomic mass is 19.1. The molecule has 1 aromatic heterocycles. The van der Waals surface area contributed by atoms with Crippen LogP contribution in [-0.2, 0) is 9.59 Å². The predicted octanol–water partition coefficient (Wildman–Crippen LogP) is 5.23. The quantitative estimate of drug-likeness (QED) is 0.520. The summed E-state index contributed by atoms with van der Waals surface area (Å²) in [6, 6.07) is 17.5. The third-order valence-electron chi connectivity index (χ3n) is 6.80. The minimum Gasteiger partial charge on any atom is -0.497 e. The number of rotatable bonds is 5. The lowest BCUT2D eigenvalue weighted by molar-refractivity contribution is -0.116. The highest BCUT2D eigenvalue weighted by molar-refractivity contribution is 6.10. The first kappa shape index (κ1) is 23.5. The molecule has 1 amide bonds. The zero-order valence-electron chi connectivity index (χ0n) is 20.0. The van der Waals surface area contributed by atoms with E-state index in [0.717, 1.165) is 17.0 Å². The van der Waals surface area contributed by atoms with Crippen molar-refractivity contribution in [3.63, 3.8) is 0 Å². The van der Waals surface area contributed by atoms with Gasteiger partial charge in [0.2, 0.25) is 0 Å². The summed E-state index contributed by atoms with van der Waals surface area (Å²) in [7, 11) is 1.61. The summed E-state index contributed by atoms with van der Waals surface area (Å²) in [6.07, 6.45) is 4.00. The molecule has 5 rings (SSSR count). The van der Waals surface area contributed by atoms with Crippen LogP contribution < -0.4 is 15.4 Å². The minimum absolute atomic E-state index is 0.0329. The number of allylic oxidation sites excluding steroid dienone is 3. The van der Waals surface area contributed by atoms with E-state index in [1.54, 1.807) is 50.6 Å². The van der Waals surface area contributed by atoms with Gasteiger partial charge in [0.05, 0.1) is 19.0 Å². The molecule has 0 bridgehead atoms. The van der Waals surface area contributed by atoms with Gasteiger partial charge in [-0.25, -0.2) is 4.39 Å². The van der Waals surface area contributed by atoms with Crippen LogP contribution in [0.4, 0.5) is 10.1 Å². The second kappa shape index (κ2) is 9.77. The highest BCUT2D eigenvalue weighted by Crippen LogP contribution is 2.46. The molecule has 0 saturated carbocycles. The number of carbonyl (C=O) groups is 2. The Morgan fingerprint density at radius 1 is 1.08 bits per heavy atom. The summed E-state index contributed by atoms with van der Waals surface area (Å²) in [5.41, 5.74) is 3.94. The number of ketones is 1.